The molecule has 3 aromatic heterocycles. The van der Waals surface area contributed by atoms with Crippen molar-refractivity contribution in [3.8, 4) is 5.75 Å². The molecule has 0 saturated carbocycles. The van der Waals surface area contributed by atoms with Crippen LogP contribution in [0, 0.1) is 12.7 Å². The van der Waals surface area contributed by atoms with Crippen LogP contribution in [0.2, 0.25) is 10.0 Å². The number of aromatic nitrogens is 4. The van der Waals surface area contributed by atoms with Gasteiger partial charge in [0.2, 0.25) is 0 Å². The van der Waals surface area contributed by atoms with Crippen LogP contribution in [0.15, 0.2) is 54.9 Å². The summed E-state index contributed by atoms with van der Waals surface area (Å²) in [4.78, 5) is 20.4. The predicted octanol–water partition coefficient (Wildman–Crippen LogP) is 5.90. The molecule has 11 heteroatoms. The van der Waals surface area contributed by atoms with Crippen molar-refractivity contribution >= 4 is 41.0 Å². The summed E-state index contributed by atoms with van der Waals surface area (Å²) in [7, 11) is 3.57. The average molecular weight is 564 g/mol. The van der Waals surface area contributed by atoms with E-state index in [1.165, 1.54) is 30.8 Å². The van der Waals surface area contributed by atoms with Gasteiger partial charge >= 0.3 is 0 Å². The van der Waals surface area contributed by atoms with Gasteiger partial charge in [0.05, 0.1) is 29.0 Å². The Morgan fingerprint density at radius 1 is 1.08 bits per heavy atom. The van der Waals surface area contributed by atoms with Gasteiger partial charge in [-0.2, -0.15) is 0 Å². The Hall–Kier alpha value is -3.27. The summed E-state index contributed by atoms with van der Waals surface area (Å²) < 4.78 is 18.9. The van der Waals surface area contributed by atoms with Crippen molar-refractivity contribution in [2.45, 2.75) is 33.2 Å². The number of benzene rings is 1. The number of nitrogens with one attached hydrogen (secondary N) is 1. The maximum absolute atomic E-state index is 12.2. The predicted molar refractivity (Wildman–Crippen MR) is 151 cm³/mol. The number of hydrogen-bond donors (Lipinski definition) is 1. The van der Waals surface area contributed by atoms with E-state index in [1.807, 2.05) is 44.6 Å². The second-order valence-corrected chi connectivity index (χ2v) is 8.69. The Kier molecular flexibility index (Phi) is 12.9. The van der Waals surface area contributed by atoms with E-state index in [0.29, 0.717) is 28.1 Å². The fourth-order valence-electron chi connectivity index (χ4n) is 3.41. The van der Waals surface area contributed by atoms with Crippen LogP contribution < -0.4 is 15.0 Å². The van der Waals surface area contributed by atoms with E-state index in [1.54, 1.807) is 19.2 Å². The van der Waals surface area contributed by atoms with Crippen LogP contribution in [-0.4, -0.2) is 59.2 Å². The minimum absolute atomic E-state index is 0.240. The molecule has 1 aromatic carbocycles. The highest BCUT2D eigenvalue weighted by Crippen LogP contribution is 2.20. The van der Waals surface area contributed by atoms with Crippen molar-refractivity contribution in [2.24, 2.45) is 0 Å². The Morgan fingerprint density at radius 3 is 2.37 bits per heavy atom. The van der Waals surface area contributed by atoms with Crippen molar-refractivity contribution in [3.63, 3.8) is 0 Å². The van der Waals surface area contributed by atoms with Crippen LogP contribution in [0.4, 0.5) is 10.2 Å². The van der Waals surface area contributed by atoms with Crippen molar-refractivity contribution in [2.75, 3.05) is 32.1 Å². The molecule has 204 valence electrons. The highest BCUT2D eigenvalue weighted by atomic mass is 35.5. The number of rotatable bonds is 4. The van der Waals surface area contributed by atoms with E-state index in [-0.39, 0.29) is 11.5 Å². The van der Waals surface area contributed by atoms with Gasteiger partial charge < -0.3 is 15.0 Å². The summed E-state index contributed by atoms with van der Waals surface area (Å²) in [5, 5.41) is 8.66. The van der Waals surface area contributed by atoms with E-state index in [4.69, 9.17) is 27.9 Å². The SMILES string of the molecule is CC.CN[C@H]1CCN(c2ccc3ncc(C)n3n2)C1.COc1ccc(F)cc1.O=Cc1cc(Cl)c(Cl)cn1. The molecule has 0 unspecified atom stereocenters. The Morgan fingerprint density at radius 2 is 1.79 bits per heavy atom. The Labute approximate surface area is 232 Å². The molecular formula is C27H33Cl2FN6O2. The van der Waals surface area contributed by atoms with Crippen molar-refractivity contribution in [1.82, 2.24) is 24.9 Å². The third kappa shape index (κ3) is 8.93. The van der Waals surface area contributed by atoms with Crippen LogP contribution in [0.25, 0.3) is 5.65 Å². The van der Waals surface area contributed by atoms with E-state index in [0.717, 1.165) is 30.2 Å². The summed E-state index contributed by atoms with van der Waals surface area (Å²) in [6.45, 7) is 8.12. The van der Waals surface area contributed by atoms with Crippen LogP contribution in [0.5, 0.6) is 5.75 Å². The molecule has 38 heavy (non-hydrogen) atoms. The smallest absolute Gasteiger partial charge is 0.168 e. The number of likely N-dealkylation sites (N-methyl/N-ethyl adjacent to an activating group) is 1. The van der Waals surface area contributed by atoms with Crippen molar-refractivity contribution in [3.05, 3.63) is 82.1 Å². The number of halogens is 3. The lowest BCUT2D eigenvalue weighted by Gasteiger charge is -2.17. The largest absolute Gasteiger partial charge is 0.497 e. The second kappa shape index (κ2) is 15.9. The first-order valence-corrected chi connectivity index (χ1v) is 12.9. The molecule has 0 spiro atoms. The summed E-state index contributed by atoms with van der Waals surface area (Å²) in [5.41, 5.74) is 2.27. The standard InChI is InChI=1S/C12H17N5.C7H7FO.C6H3Cl2NO.C2H6/c1-9-7-14-11-3-4-12(15-17(9)11)16-6-5-10(8-16)13-2;1-9-7-4-2-6(8)3-5-7;7-5-1-4(3-10)9-2-6(5)8;1-2/h3-4,7,10,13H,5-6,8H2,1-2H3;2-5H,1H3;1-3H;1-2H3/t10-;;;/m0.../s1. The van der Waals surface area contributed by atoms with Gasteiger partial charge in [0.15, 0.2) is 11.9 Å². The first-order valence-electron chi connectivity index (χ1n) is 12.1. The molecule has 5 rings (SSSR count). The summed E-state index contributed by atoms with van der Waals surface area (Å²) in [5.74, 6) is 1.48. The van der Waals surface area contributed by atoms with Gasteiger partial charge in [-0.3, -0.25) is 9.78 Å². The monoisotopic (exact) mass is 562 g/mol. The summed E-state index contributed by atoms with van der Waals surface area (Å²) in [6.07, 6.45) is 4.99. The van der Waals surface area contributed by atoms with Crippen molar-refractivity contribution in [1.29, 1.82) is 0 Å². The number of aldehydes is 1. The van der Waals surface area contributed by atoms with Gasteiger partial charge in [-0.25, -0.2) is 13.9 Å². The zero-order chi connectivity index (χ0) is 28.1. The number of pyridine rings is 1. The lowest BCUT2D eigenvalue weighted by molar-refractivity contribution is 0.111. The zero-order valence-electron chi connectivity index (χ0n) is 22.2. The highest BCUT2D eigenvalue weighted by Gasteiger charge is 2.22. The number of carbonyl (C=O) groups excluding carboxylic acids is 1. The fraction of sp³-hybridized carbons (Fsp3) is 0.333. The molecular weight excluding hydrogens is 530 g/mol. The normalized spacial score (nSPS) is 13.9. The topological polar surface area (TPSA) is 84.6 Å². The van der Waals surface area contributed by atoms with E-state index in [2.05, 4.69) is 31.3 Å². The molecule has 1 fully saturated rings. The maximum Gasteiger partial charge on any atom is 0.168 e. The Bertz CT molecular complexity index is 1290. The second-order valence-electron chi connectivity index (χ2n) is 7.88. The van der Waals surface area contributed by atoms with Gasteiger partial charge in [-0.05, 0) is 62.9 Å². The van der Waals surface area contributed by atoms with Crippen molar-refractivity contribution < 1.29 is 13.9 Å². The van der Waals surface area contributed by atoms with Crippen LogP contribution in [0.3, 0.4) is 0 Å². The quantitative estimate of drug-likeness (QED) is 0.310. The molecule has 0 aliphatic carbocycles. The number of carbonyl (C=O) groups is 1. The molecule has 0 amide bonds. The fourth-order valence-corrected chi connectivity index (χ4v) is 3.68. The number of nitrogens with zero attached hydrogens (tertiary/aromatic N) is 5. The average Bonchev–Trinajstić information content (AvgIpc) is 3.59. The van der Waals surface area contributed by atoms with Gasteiger partial charge in [-0.15, -0.1) is 5.10 Å². The van der Waals surface area contributed by atoms with Crippen LogP contribution in [-0.2, 0) is 0 Å². The maximum atomic E-state index is 12.2. The number of imidazole rings is 1. The highest BCUT2D eigenvalue weighted by molar-refractivity contribution is 6.41. The zero-order valence-corrected chi connectivity index (χ0v) is 23.7. The van der Waals surface area contributed by atoms with Gasteiger partial charge in [-0.1, -0.05) is 37.0 Å². The minimum Gasteiger partial charge on any atom is -0.497 e. The molecule has 8 nitrogen and oxygen atoms in total. The number of ether oxygens (including phenoxy) is 1. The lowest BCUT2D eigenvalue weighted by Crippen LogP contribution is -2.30. The number of fused-ring (bicyclic) bond motifs is 1. The van der Waals surface area contributed by atoms with E-state index >= 15 is 0 Å². The summed E-state index contributed by atoms with van der Waals surface area (Å²) in [6, 6.07) is 12.0. The summed E-state index contributed by atoms with van der Waals surface area (Å²) >= 11 is 11.1. The third-order valence-electron chi connectivity index (χ3n) is 5.44. The van der Waals surface area contributed by atoms with Gasteiger partial charge in [0, 0.05) is 25.3 Å². The molecule has 1 aliphatic rings. The molecule has 4 aromatic rings. The molecule has 1 atom stereocenters. The molecule has 1 N–H and O–H groups in total. The van der Waals surface area contributed by atoms with Gasteiger partial charge in [0.1, 0.15) is 23.1 Å². The molecule has 1 saturated heterocycles. The molecule has 0 bridgehead atoms. The lowest BCUT2D eigenvalue weighted by atomic mass is 10.3. The third-order valence-corrected chi connectivity index (χ3v) is 6.15. The van der Waals surface area contributed by atoms with E-state index < -0.39 is 0 Å². The molecule has 1 aliphatic heterocycles. The van der Waals surface area contributed by atoms with Crippen LogP contribution >= 0.6 is 23.2 Å². The Balaban J connectivity index is 0.000000208. The van der Waals surface area contributed by atoms with Gasteiger partial charge in [0.25, 0.3) is 0 Å². The number of anilines is 1. The number of aryl methyl sites for hydroxylation is 1. The first-order chi connectivity index (χ1) is 18.3. The first kappa shape index (κ1) is 31.0. The molecule has 0 radical (unpaired) electrons. The van der Waals surface area contributed by atoms with E-state index in [9.17, 15) is 9.18 Å². The molecule has 4 heterocycles. The minimum atomic E-state index is -0.240. The van der Waals surface area contributed by atoms with Crippen LogP contribution in [0.1, 0.15) is 36.5 Å². The number of hydrogen-bond acceptors (Lipinski definition) is 7. The number of methoxy groups -OCH3 is 1.